The van der Waals surface area contributed by atoms with Crippen LogP contribution in [0.3, 0.4) is 0 Å². The van der Waals surface area contributed by atoms with Crippen molar-refractivity contribution < 1.29 is 17.9 Å². The molecule has 0 spiro atoms. The highest BCUT2D eigenvalue weighted by Gasteiger charge is 2.30. The molecule has 0 aliphatic rings. The van der Waals surface area contributed by atoms with E-state index >= 15 is 0 Å². The van der Waals surface area contributed by atoms with E-state index in [1.54, 1.807) is 42.5 Å². The van der Waals surface area contributed by atoms with Gasteiger partial charge in [-0.1, -0.05) is 74.5 Å². The van der Waals surface area contributed by atoms with Crippen LogP contribution in [0.15, 0.2) is 89.8 Å². The van der Waals surface area contributed by atoms with E-state index < -0.39 is 15.9 Å². The molecule has 7 heteroatoms. The number of para-hydroxylation sites is 2. The molecule has 1 N–H and O–H groups in total. The molecular weight excluding hydrogens is 436 g/mol. The molecular formula is C26H30N2O4S. The van der Waals surface area contributed by atoms with Crippen molar-refractivity contribution in [3.63, 3.8) is 0 Å². The maximum atomic E-state index is 13.6. The number of nitrogens with one attached hydrogen (secondary N) is 1. The Kier molecular flexibility index (Phi) is 8.11. The van der Waals surface area contributed by atoms with Gasteiger partial charge in [0.2, 0.25) is 5.91 Å². The van der Waals surface area contributed by atoms with Crippen molar-refractivity contribution in [1.82, 2.24) is 5.32 Å². The third kappa shape index (κ3) is 6.14. The van der Waals surface area contributed by atoms with E-state index in [0.29, 0.717) is 17.4 Å². The summed E-state index contributed by atoms with van der Waals surface area (Å²) in [6, 6.07) is 24.3. The Morgan fingerprint density at radius 2 is 1.48 bits per heavy atom. The average Bonchev–Trinajstić information content (AvgIpc) is 2.83. The molecule has 3 aromatic carbocycles. The van der Waals surface area contributed by atoms with E-state index in [0.717, 1.165) is 16.3 Å². The number of benzene rings is 3. The van der Waals surface area contributed by atoms with Crippen LogP contribution in [0.5, 0.6) is 5.75 Å². The maximum absolute atomic E-state index is 13.6. The van der Waals surface area contributed by atoms with E-state index in [-0.39, 0.29) is 17.5 Å². The highest BCUT2D eigenvalue weighted by Crippen LogP contribution is 2.32. The van der Waals surface area contributed by atoms with Crippen LogP contribution in [0.2, 0.25) is 0 Å². The van der Waals surface area contributed by atoms with Crippen LogP contribution in [-0.4, -0.2) is 28.0 Å². The van der Waals surface area contributed by atoms with Crippen LogP contribution in [0.1, 0.15) is 31.9 Å². The summed E-state index contributed by atoms with van der Waals surface area (Å²) in [6.07, 6.45) is 0.732. The predicted octanol–water partition coefficient (Wildman–Crippen LogP) is 4.79. The normalized spacial score (nSPS) is 12.2. The summed E-state index contributed by atoms with van der Waals surface area (Å²) in [6.45, 7) is 3.80. The molecule has 0 aromatic heterocycles. The Morgan fingerprint density at radius 3 is 2.09 bits per heavy atom. The van der Waals surface area contributed by atoms with E-state index in [1.807, 2.05) is 30.3 Å². The third-order valence-corrected chi connectivity index (χ3v) is 6.99. The highest BCUT2D eigenvalue weighted by molar-refractivity contribution is 7.92. The maximum Gasteiger partial charge on any atom is 0.264 e. The zero-order valence-corrected chi connectivity index (χ0v) is 20.0. The fourth-order valence-corrected chi connectivity index (χ4v) is 5.11. The number of rotatable bonds is 10. The predicted molar refractivity (Wildman–Crippen MR) is 131 cm³/mol. The van der Waals surface area contributed by atoms with Gasteiger partial charge in [-0.25, -0.2) is 8.42 Å². The zero-order chi connectivity index (χ0) is 23.8. The fourth-order valence-electron chi connectivity index (χ4n) is 3.66. The molecule has 3 rings (SSSR count). The number of ether oxygens (including phenoxy) is 1. The zero-order valence-electron chi connectivity index (χ0n) is 19.1. The lowest BCUT2D eigenvalue weighted by Crippen LogP contribution is -2.42. The highest BCUT2D eigenvalue weighted by atomic mass is 32.2. The molecule has 0 heterocycles. The second-order valence-electron chi connectivity index (χ2n) is 8.16. The minimum Gasteiger partial charge on any atom is -0.495 e. The Bertz CT molecular complexity index is 1150. The summed E-state index contributed by atoms with van der Waals surface area (Å²) >= 11 is 0. The summed E-state index contributed by atoms with van der Waals surface area (Å²) < 4.78 is 33.6. The Hall–Kier alpha value is -3.32. The first kappa shape index (κ1) is 24.3. The van der Waals surface area contributed by atoms with E-state index in [2.05, 4.69) is 19.2 Å². The van der Waals surface area contributed by atoms with Crippen molar-refractivity contribution in [3.8, 4) is 5.75 Å². The molecule has 1 atom stereocenters. The van der Waals surface area contributed by atoms with Gasteiger partial charge in [0.1, 0.15) is 12.3 Å². The lowest BCUT2D eigenvalue weighted by Gasteiger charge is -2.27. The molecule has 33 heavy (non-hydrogen) atoms. The molecule has 6 nitrogen and oxygen atoms in total. The van der Waals surface area contributed by atoms with Crippen molar-refractivity contribution in [3.05, 3.63) is 90.5 Å². The Labute approximate surface area is 196 Å². The first-order valence-electron chi connectivity index (χ1n) is 10.9. The van der Waals surface area contributed by atoms with Crippen LogP contribution in [-0.2, 0) is 14.8 Å². The summed E-state index contributed by atoms with van der Waals surface area (Å²) in [4.78, 5) is 13.3. The van der Waals surface area contributed by atoms with Gasteiger partial charge in [-0.05, 0) is 42.2 Å². The van der Waals surface area contributed by atoms with Gasteiger partial charge >= 0.3 is 0 Å². The third-order valence-electron chi connectivity index (χ3n) is 5.22. The van der Waals surface area contributed by atoms with Gasteiger partial charge in [0.25, 0.3) is 10.0 Å². The van der Waals surface area contributed by atoms with Crippen molar-refractivity contribution in [2.24, 2.45) is 5.92 Å². The van der Waals surface area contributed by atoms with Gasteiger partial charge in [-0.2, -0.15) is 0 Å². The van der Waals surface area contributed by atoms with E-state index in [9.17, 15) is 13.2 Å². The quantitative estimate of drug-likeness (QED) is 0.466. The van der Waals surface area contributed by atoms with Crippen LogP contribution in [0, 0.1) is 5.92 Å². The Balaban J connectivity index is 1.95. The first-order valence-corrected chi connectivity index (χ1v) is 12.3. The number of carbonyl (C=O) groups excluding carboxylic acids is 1. The van der Waals surface area contributed by atoms with Crippen molar-refractivity contribution in [2.75, 3.05) is 18.0 Å². The lowest BCUT2D eigenvalue weighted by atomic mass is 9.97. The Morgan fingerprint density at radius 1 is 0.909 bits per heavy atom. The molecule has 3 aromatic rings. The summed E-state index contributed by atoms with van der Waals surface area (Å²) in [5, 5.41) is 3.04. The van der Waals surface area contributed by atoms with E-state index in [4.69, 9.17) is 4.74 Å². The molecule has 0 radical (unpaired) electrons. The molecule has 0 unspecified atom stereocenters. The fraction of sp³-hybridized carbons (Fsp3) is 0.269. The van der Waals surface area contributed by atoms with Crippen molar-refractivity contribution >= 4 is 21.6 Å². The van der Waals surface area contributed by atoms with Crippen LogP contribution >= 0.6 is 0 Å². The molecule has 0 aliphatic carbocycles. The van der Waals surface area contributed by atoms with E-state index in [1.165, 1.54) is 19.2 Å². The van der Waals surface area contributed by atoms with Gasteiger partial charge in [0.05, 0.1) is 23.7 Å². The van der Waals surface area contributed by atoms with Crippen molar-refractivity contribution in [1.29, 1.82) is 0 Å². The molecule has 0 fully saturated rings. The number of hydrogen-bond acceptors (Lipinski definition) is 4. The number of nitrogens with zero attached hydrogens (tertiary/aromatic N) is 1. The number of sulfonamides is 1. The molecule has 0 saturated heterocycles. The molecule has 1 amide bonds. The minimum absolute atomic E-state index is 0.102. The molecule has 0 saturated carbocycles. The topological polar surface area (TPSA) is 75.7 Å². The molecule has 0 bridgehead atoms. The van der Waals surface area contributed by atoms with Gasteiger partial charge in [0.15, 0.2) is 0 Å². The summed E-state index contributed by atoms with van der Waals surface area (Å²) in [5.74, 6) is 0.315. The van der Waals surface area contributed by atoms with Crippen LogP contribution in [0.4, 0.5) is 5.69 Å². The number of anilines is 1. The van der Waals surface area contributed by atoms with Gasteiger partial charge in [0, 0.05) is 0 Å². The molecule has 0 aliphatic heterocycles. The van der Waals surface area contributed by atoms with Gasteiger partial charge < -0.3 is 10.1 Å². The first-order chi connectivity index (χ1) is 15.8. The van der Waals surface area contributed by atoms with Gasteiger partial charge in [-0.15, -0.1) is 0 Å². The summed E-state index contributed by atoms with van der Waals surface area (Å²) in [7, 11) is -2.54. The lowest BCUT2D eigenvalue weighted by molar-refractivity contribution is -0.120. The van der Waals surface area contributed by atoms with Crippen LogP contribution in [0.25, 0.3) is 0 Å². The smallest absolute Gasteiger partial charge is 0.264 e. The number of carbonyl (C=O) groups is 1. The second kappa shape index (κ2) is 11.0. The second-order valence-corrected chi connectivity index (χ2v) is 10.0. The largest absolute Gasteiger partial charge is 0.495 e. The van der Waals surface area contributed by atoms with Crippen molar-refractivity contribution in [2.45, 2.75) is 31.2 Å². The minimum atomic E-state index is -4.01. The monoisotopic (exact) mass is 466 g/mol. The van der Waals surface area contributed by atoms with Crippen LogP contribution < -0.4 is 14.4 Å². The number of hydrogen-bond donors (Lipinski definition) is 1. The average molecular weight is 467 g/mol. The summed E-state index contributed by atoms with van der Waals surface area (Å²) in [5.41, 5.74) is 1.29. The van der Waals surface area contributed by atoms with Gasteiger partial charge in [-0.3, -0.25) is 9.10 Å². The number of methoxy groups -OCH3 is 1. The SMILES string of the molecule is COc1ccccc1N(CC(=O)N[C@H](CC(C)C)c1ccccc1)S(=O)(=O)c1ccccc1. The standard InChI is InChI=1S/C26H30N2O4S/c1-20(2)18-23(21-12-6-4-7-13-21)27-26(29)19-28(24-16-10-11-17-25(24)32-3)33(30,31)22-14-8-5-9-15-22/h4-17,20,23H,18-19H2,1-3H3,(H,27,29)/t23-/m1/s1. The number of amides is 1. The molecule has 174 valence electrons.